The number of hydrogen-bond donors (Lipinski definition) is 0. The van der Waals surface area contributed by atoms with E-state index in [0.717, 1.165) is 21.3 Å². The molecule has 0 spiro atoms. The Bertz CT molecular complexity index is 4210. The summed E-state index contributed by atoms with van der Waals surface area (Å²) in [6.45, 7) is 19.2. The summed E-state index contributed by atoms with van der Waals surface area (Å²) >= 11 is 0. The van der Waals surface area contributed by atoms with Gasteiger partial charge in [0.2, 0.25) is 0 Å². The summed E-state index contributed by atoms with van der Waals surface area (Å²) in [5, 5.41) is -0.394. The molecule has 66 heavy (non-hydrogen) atoms. The second-order valence-electron chi connectivity index (χ2n) is 19.0. The van der Waals surface area contributed by atoms with Crippen LogP contribution in [-0.2, 0) is 37.3 Å². The second-order valence-corrected chi connectivity index (χ2v) is 19.0. The molecule has 9 aromatic rings. The molecule has 0 fully saturated rings. The molecular formula is C60H55N4OPt-3. The van der Waals surface area contributed by atoms with Gasteiger partial charge in [0, 0.05) is 75.2 Å². The Balaban J connectivity index is 0.00000828. The minimum atomic E-state index is -0.892. The van der Waals surface area contributed by atoms with Crippen LogP contribution in [0.25, 0.3) is 49.9 Å². The summed E-state index contributed by atoms with van der Waals surface area (Å²) in [6.07, 6.45) is -0.539. The Morgan fingerprint density at radius 2 is 1.24 bits per heavy atom. The van der Waals surface area contributed by atoms with Crippen LogP contribution in [0.4, 0.5) is 22.7 Å². The van der Waals surface area contributed by atoms with Crippen molar-refractivity contribution in [2.75, 3.05) is 9.80 Å². The Kier molecular flexibility index (Phi) is 7.40. The van der Waals surface area contributed by atoms with Crippen molar-refractivity contribution < 1.29 is 49.1 Å². The molecule has 0 radical (unpaired) electrons. The normalized spacial score (nSPS) is 16.6. The molecule has 5 nitrogen and oxygen atoms in total. The van der Waals surface area contributed by atoms with Crippen LogP contribution in [0, 0.1) is 18.8 Å². The van der Waals surface area contributed by atoms with E-state index in [1.54, 1.807) is 61.5 Å². The Morgan fingerprint density at radius 3 is 1.97 bits per heavy atom. The molecule has 1 aliphatic heterocycles. The van der Waals surface area contributed by atoms with Crippen LogP contribution in [0.2, 0.25) is 0 Å². The monoisotopic (exact) mass is 1060 g/mol. The third kappa shape index (κ3) is 8.35. The van der Waals surface area contributed by atoms with E-state index in [1.165, 1.54) is 0 Å². The molecule has 0 saturated heterocycles. The Morgan fingerprint density at radius 1 is 0.576 bits per heavy atom. The van der Waals surface area contributed by atoms with Gasteiger partial charge in [0.1, 0.15) is 5.82 Å². The zero-order chi connectivity index (χ0) is 60.0. The van der Waals surface area contributed by atoms with E-state index in [4.69, 9.17) is 17.1 Å². The van der Waals surface area contributed by atoms with Gasteiger partial charge in [-0.3, -0.25) is 0 Å². The molecule has 10 rings (SSSR count). The average molecular weight is 1060 g/mol. The molecule has 0 amide bonds. The molecule has 0 bridgehead atoms. The topological polar surface area (TPSA) is 33.5 Å². The fraction of sp³-hybridized carbons (Fsp3) is 0.200. The van der Waals surface area contributed by atoms with Gasteiger partial charge in [0.05, 0.1) is 16.4 Å². The molecule has 6 heteroatoms. The number of ether oxygens (including phenoxy) is 1. The second kappa shape index (κ2) is 17.1. The number of hydrogen-bond acceptors (Lipinski definition) is 4. The number of aromatic nitrogens is 2. The van der Waals surface area contributed by atoms with E-state index in [2.05, 4.69) is 44.0 Å². The average Bonchev–Trinajstić information content (AvgIpc) is 2.10. The number of anilines is 4. The van der Waals surface area contributed by atoms with E-state index < -0.39 is 113 Å². The zero-order valence-electron chi connectivity index (χ0n) is 54.9. The SMILES string of the molecule is [2H]c1nc(-n2c3[c-]c(Oc4[c-]c(N5[CH-]N(c6c(-c7cccc(C(C)(C)C)c7)cc(C(C)(C)C)cc6-c6c([2H])c([2H])c([2H])c([2H])c6[2H])c6ccccc65)c([2H])c([2H])c4[2H])c([2H])c([2H])c3c3c([2H])c([2H])c([2H])c([2H])c32)c([2H])c(C(C)(C)C)c1[2H].[Pt]. The standard InChI is InChI=1S/C60H55N4O.Pt/c1-58(2,3)42-22-17-21-41(33-42)51-35-44(60(7,8)9)34-50(40-19-11-10-12-20-40)57(51)63-39-62(53-27-15-16-28-54(53)63)45-23-18-24-46(37-45)65-47-29-30-49-48-25-13-14-26-52(48)64(55(49)38-47)56-36-43(31-32-61-56)59(4,5)6;/h10-36,39H,1-9H3;/q-3;/i10D,11D,12D,13D,14D,18D,19D,20D,23D,24D,25D,26D,29D,30D,31D,32D,36D;. The molecule has 2 aromatic heterocycles. The summed E-state index contributed by atoms with van der Waals surface area (Å²) in [5.74, 6) is -1.35. The molecule has 0 saturated carbocycles. The zero-order valence-corrected chi connectivity index (χ0v) is 40.1. The van der Waals surface area contributed by atoms with Gasteiger partial charge >= 0.3 is 0 Å². The maximum Gasteiger partial charge on any atom is 0.135 e. The van der Waals surface area contributed by atoms with Gasteiger partial charge in [-0.05, 0) is 96.0 Å². The largest absolute Gasteiger partial charge is 0.509 e. The first-order valence-corrected chi connectivity index (χ1v) is 21.2. The van der Waals surface area contributed by atoms with Crippen LogP contribution in [0.5, 0.6) is 11.5 Å². The summed E-state index contributed by atoms with van der Waals surface area (Å²) in [5.41, 5.74) is 2.61. The number of rotatable bonds is 7. The number of nitrogens with zero attached hydrogens (tertiary/aromatic N) is 4. The smallest absolute Gasteiger partial charge is 0.135 e. The molecule has 0 aliphatic carbocycles. The Hall–Kier alpha value is -6.42. The number of benzene rings is 7. The predicted octanol–water partition coefficient (Wildman–Crippen LogP) is 16.2. The van der Waals surface area contributed by atoms with E-state index in [9.17, 15) is 11.0 Å². The van der Waals surface area contributed by atoms with Crippen molar-refractivity contribution in [2.24, 2.45) is 0 Å². The summed E-state index contributed by atoms with van der Waals surface area (Å²) in [6, 6.07) is 16.3. The molecule has 0 unspecified atom stereocenters. The maximum atomic E-state index is 9.43. The van der Waals surface area contributed by atoms with E-state index in [0.29, 0.717) is 28.2 Å². The van der Waals surface area contributed by atoms with Gasteiger partial charge in [-0.25, -0.2) is 4.98 Å². The van der Waals surface area contributed by atoms with Gasteiger partial charge in [-0.2, -0.15) is 12.1 Å². The molecule has 7 aromatic carbocycles. The van der Waals surface area contributed by atoms with E-state index in [-0.39, 0.29) is 83.0 Å². The molecule has 0 N–H and O–H groups in total. The first kappa shape index (κ1) is 28.6. The Labute approximate surface area is 428 Å². The first-order valence-electron chi connectivity index (χ1n) is 29.7. The van der Waals surface area contributed by atoms with Gasteiger partial charge in [-0.1, -0.05) is 153 Å². The van der Waals surface area contributed by atoms with Crippen molar-refractivity contribution in [1.82, 2.24) is 9.55 Å². The first-order chi connectivity index (χ1) is 38.2. The summed E-state index contributed by atoms with van der Waals surface area (Å²) in [4.78, 5) is 7.64. The summed E-state index contributed by atoms with van der Waals surface area (Å²) in [7, 11) is 0. The van der Waals surface area contributed by atoms with Gasteiger partial charge in [0.25, 0.3) is 0 Å². The van der Waals surface area contributed by atoms with Crippen molar-refractivity contribution in [1.29, 1.82) is 0 Å². The molecule has 334 valence electrons. The van der Waals surface area contributed by atoms with E-state index in [1.807, 2.05) is 51.1 Å². The molecule has 1 aliphatic rings. The fourth-order valence-electron chi connectivity index (χ4n) is 7.88. The van der Waals surface area contributed by atoms with Gasteiger partial charge < -0.3 is 19.1 Å². The third-order valence-corrected chi connectivity index (χ3v) is 11.4. The molecule has 0 atom stereocenters. The predicted molar refractivity (Wildman–Crippen MR) is 271 cm³/mol. The van der Waals surface area contributed by atoms with Crippen LogP contribution in [0.3, 0.4) is 0 Å². The van der Waals surface area contributed by atoms with Crippen molar-refractivity contribution in [3.63, 3.8) is 0 Å². The third-order valence-electron chi connectivity index (χ3n) is 11.4. The number of fused-ring (bicyclic) bond motifs is 4. The fourth-order valence-corrected chi connectivity index (χ4v) is 7.88. The van der Waals surface area contributed by atoms with Crippen LogP contribution >= 0.6 is 0 Å². The van der Waals surface area contributed by atoms with Crippen molar-refractivity contribution in [3.05, 3.63) is 199 Å². The number of pyridine rings is 1. The number of para-hydroxylation sites is 3. The maximum absolute atomic E-state index is 9.43. The van der Waals surface area contributed by atoms with Crippen LogP contribution in [-0.4, -0.2) is 9.55 Å². The van der Waals surface area contributed by atoms with Crippen molar-refractivity contribution in [2.45, 2.75) is 78.6 Å². The van der Waals surface area contributed by atoms with Crippen LogP contribution in [0.15, 0.2) is 164 Å². The van der Waals surface area contributed by atoms with Crippen LogP contribution < -0.4 is 14.5 Å². The van der Waals surface area contributed by atoms with Crippen molar-refractivity contribution in [3.8, 4) is 39.6 Å². The van der Waals surface area contributed by atoms with Crippen molar-refractivity contribution >= 4 is 44.6 Å². The minimum Gasteiger partial charge on any atom is -0.509 e. The molecular weight excluding hydrogens is 988 g/mol. The quantitative estimate of drug-likeness (QED) is 0.149. The summed E-state index contributed by atoms with van der Waals surface area (Å²) < 4.78 is 161. The van der Waals surface area contributed by atoms with E-state index >= 15 is 0 Å². The van der Waals surface area contributed by atoms with Gasteiger partial charge in [-0.15, -0.1) is 48.0 Å². The molecule has 3 heterocycles. The minimum absolute atomic E-state index is 0. The van der Waals surface area contributed by atoms with Crippen LogP contribution in [0.1, 0.15) is 102 Å². The van der Waals surface area contributed by atoms with Gasteiger partial charge in [0.15, 0.2) is 0 Å².